The first-order valence-electron chi connectivity index (χ1n) is 7.30. The molecule has 2 rings (SSSR count). The van der Waals surface area contributed by atoms with Gasteiger partial charge in [-0.15, -0.1) is 0 Å². The maximum absolute atomic E-state index is 12.3. The van der Waals surface area contributed by atoms with Gasteiger partial charge in [0.05, 0.1) is 5.56 Å². The zero-order valence-corrected chi connectivity index (χ0v) is 12.8. The minimum absolute atomic E-state index is 0.0339. The minimum atomic E-state index is 0.0339. The van der Waals surface area contributed by atoms with E-state index in [1.54, 1.807) is 17.0 Å². The highest BCUT2D eigenvalue weighted by Gasteiger charge is 2.12. The van der Waals surface area contributed by atoms with E-state index in [0.717, 1.165) is 11.1 Å². The SMILES string of the molecule is CCN(CC)C(=O)c1ccc(-c2ccc(N)c(C#N)c2)cc1. The van der Waals surface area contributed by atoms with Crippen molar-refractivity contribution in [3.63, 3.8) is 0 Å². The summed E-state index contributed by atoms with van der Waals surface area (Å²) in [6.07, 6.45) is 0. The molecule has 2 N–H and O–H groups in total. The molecular weight excluding hydrogens is 274 g/mol. The number of nitrogens with zero attached hydrogens (tertiary/aromatic N) is 2. The molecule has 0 atom stereocenters. The first-order chi connectivity index (χ1) is 10.6. The number of nitrogens with two attached hydrogens (primary N) is 1. The average molecular weight is 293 g/mol. The molecule has 0 heterocycles. The molecule has 0 spiro atoms. The summed E-state index contributed by atoms with van der Waals surface area (Å²) in [5.41, 5.74) is 9.20. The lowest BCUT2D eigenvalue weighted by Gasteiger charge is -2.18. The summed E-state index contributed by atoms with van der Waals surface area (Å²) < 4.78 is 0. The first kappa shape index (κ1) is 15.6. The summed E-state index contributed by atoms with van der Waals surface area (Å²) in [5.74, 6) is 0.0339. The van der Waals surface area contributed by atoms with Gasteiger partial charge in [0.15, 0.2) is 0 Å². The second-order valence-corrected chi connectivity index (χ2v) is 4.97. The number of anilines is 1. The lowest BCUT2D eigenvalue weighted by molar-refractivity contribution is 0.0773. The molecule has 0 aliphatic heterocycles. The minimum Gasteiger partial charge on any atom is -0.398 e. The Morgan fingerprint density at radius 1 is 1.09 bits per heavy atom. The standard InChI is InChI=1S/C18H19N3O/c1-3-21(4-2)18(22)14-7-5-13(6-8-14)15-9-10-17(20)16(11-15)12-19/h5-11H,3-4,20H2,1-2H3. The molecule has 2 aromatic rings. The van der Waals surface area contributed by atoms with Crippen LogP contribution < -0.4 is 5.73 Å². The summed E-state index contributed by atoms with van der Waals surface area (Å²) in [7, 11) is 0. The molecule has 4 nitrogen and oxygen atoms in total. The Kier molecular flexibility index (Phi) is 4.80. The van der Waals surface area contributed by atoms with Crippen LogP contribution in [0.3, 0.4) is 0 Å². The third-order valence-electron chi connectivity index (χ3n) is 3.69. The number of hydrogen-bond acceptors (Lipinski definition) is 3. The van der Waals surface area contributed by atoms with Crippen LogP contribution in [0.1, 0.15) is 29.8 Å². The van der Waals surface area contributed by atoms with Crippen molar-refractivity contribution in [3.8, 4) is 17.2 Å². The Balaban J connectivity index is 2.30. The molecule has 0 unspecified atom stereocenters. The lowest BCUT2D eigenvalue weighted by Crippen LogP contribution is -2.30. The zero-order chi connectivity index (χ0) is 16.1. The molecule has 0 aliphatic carbocycles. The van der Waals surface area contributed by atoms with Crippen molar-refractivity contribution >= 4 is 11.6 Å². The number of rotatable bonds is 4. The number of nitriles is 1. The highest BCUT2D eigenvalue weighted by atomic mass is 16.2. The Hall–Kier alpha value is -2.80. The molecule has 0 aromatic heterocycles. The fourth-order valence-electron chi connectivity index (χ4n) is 2.33. The third-order valence-corrected chi connectivity index (χ3v) is 3.69. The van der Waals surface area contributed by atoms with Gasteiger partial charge < -0.3 is 10.6 Å². The number of nitrogen functional groups attached to an aromatic ring is 1. The normalized spacial score (nSPS) is 10.0. The van der Waals surface area contributed by atoms with Gasteiger partial charge in [-0.25, -0.2) is 0 Å². The number of carbonyl (C=O) groups excluding carboxylic acids is 1. The van der Waals surface area contributed by atoms with Gasteiger partial charge in [-0.2, -0.15) is 5.26 Å². The predicted molar refractivity (Wildman–Crippen MR) is 88.3 cm³/mol. The second-order valence-electron chi connectivity index (χ2n) is 4.97. The highest BCUT2D eigenvalue weighted by molar-refractivity contribution is 5.94. The van der Waals surface area contributed by atoms with E-state index in [1.165, 1.54) is 0 Å². The van der Waals surface area contributed by atoms with Gasteiger partial charge in [0, 0.05) is 24.3 Å². The molecular formula is C18H19N3O. The van der Waals surface area contributed by atoms with E-state index in [1.807, 2.05) is 44.2 Å². The molecule has 0 radical (unpaired) electrons. The number of benzene rings is 2. The van der Waals surface area contributed by atoms with Gasteiger partial charge in [0.25, 0.3) is 5.91 Å². The summed E-state index contributed by atoms with van der Waals surface area (Å²) in [4.78, 5) is 14.0. The first-order valence-corrected chi connectivity index (χ1v) is 7.30. The summed E-state index contributed by atoms with van der Waals surface area (Å²) in [5, 5.41) is 9.04. The van der Waals surface area contributed by atoms with E-state index in [9.17, 15) is 4.79 Å². The Morgan fingerprint density at radius 2 is 1.68 bits per heavy atom. The van der Waals surface area contributed by atoms with Crippen LogP contribution in [0.4, 0.5) is 5.69 Å². The Labute approximate surface area is 130 Å². The van der Waals surface area contributed by atoms with E-state index >= 15 is 0 Å². The van der Waals surface area contributed by atoms with Crippen LogP contribution in [0, 0.1) is 11.3 Å². The maximum Gasteiger partial charge on any atom is 0.253 e. The van der Waals surface area contributed by atoms with Crippen LogP contribution in [-0.2, 0) is 0 Å². The lowest BCUT2D eigenvalue weighted by atomic mass is 10.0. The predicted octanol–water partition coefficient (Wildman–Crippen LogP) is 3.29. The van der Waals surface area contributed by atoms with E-state index in [2.05, 4.69) is 6.07 Å². The van der Waals surface area contributed by atoms with Gasteiger partial charge in [0.2, 0.25) is 0 Å². The van der Waals surface area contributed by atoms with Crippen LogP contribution in [-0.4, -0.2) is 23.9 Å². The quantitative estimate of drug-likeness (QED) is 0.879. The summed E-state index contributed by atoms with van der Waals surface area (Å²) in [6.45, 7) is 5.32. The zero-order valence-electron chi connectivity index (χ0n) is 12.8. The van der Waals surface area contributed by atoms with E-state index in [-0.39, 0.29) is 5.91 Å². The van der Waals surface area contributed by atoms with E-state index in [4.69, 9.17) is 11.0 Å². The molecule has 22 heavy (non-hydrogen) atoms. The smallest absolute Gasteiger partial charge is 0.253 e. The molecule has 0 bridgehead atoms. The average Bonchev–Trinajstić information content (AvgIpc) is 2.56. The fraction of sp³-hybridized carbons (Fsp3) is 0.222. The third kappa shape index (κ3) is 3.09. The van der Waals surface area contributed by atoms with Crippen molar-refractivity contribution in [1.82, 2.24) is 4.90 Å². The Morgan fingerprint density at radius 3 is 2.23 bits per heavy atom. The van der Waals surface area contributed by atoms with Crippen molar-refractivity contribution in [3.05, 3.63) is 53.6 Å². The second kappa shape index (κ2) is 6.77. The van der Waals surface area contributed by atoms with Gasteiger partial charge in [-0.3, -0.25) is 4.79 Å². The van der Waals surface area contributed by atoms with E-state index in [0.29, 0.717) is 29.9 Å². The van der Waals surface area contributed by atoms with Crippen molar-refractivity contribution in [1.29, 1.82) is 5.26 Å². The van der Waals surface area contributed by atoms with Crippen molar-refractivity contribution in [2.24, 2.45) is 0 Å². The number of hydrogen-bond donors (Lipinski definition) is 1. The van der Waals surface area contributed by atoms with Crippen LogP contribution >= 0.6 is 0 Å². The van der Waals surface area contributed by atoms with Crippen molar-refractivity contribution in [2.45, 2.75) is 13.8 Å². The Bertz CT molecular complexity index is 710. The fourth-order valence-corrected chi connectivity index (χ4v) is 2.33. The molecule has 0 saturated carbocycles. The monoisotopic (exact) mass is 293 g/mol. The molecule has 0 aliphatic rings. The van der Waals surface area contributed by atoms with Gasteiger partial charge >= 0.3 is 0 Å². The molecule has 0 saturated heterocycles. The van der Waals surface area contributed by atoms with E-state index < -0.39 is 0 Å². The molecule has 0 fully saturated rings. The largest absolute Gasteiger partial charge is 0.398 e. The van der Waals surface area contributed by atoms with Crippen molar-refractivity contribution in [2.75, 3.05) is 18.8 Å². The van der Waals surface area contributed by atoms with Gasteiger partial charge in [-0.05, 0) is 49.2 Å². The van der Waals surface area contributed by atoms with Gasteiger partial charge in [0.1, 0.15) is 6.07 Å². The summed E-state index contributed by atoms with van der Waals surface area (Å²) >= 11 is 0. The molecule has 2 aromatic carbocycles. The molecule has 1 amide bonds. The highest BCUT2D eigenvalue weighted by Crippen LogP contribution is 2.24. The van der Waals surface area contributed by atoms with Crippen molar-refractivity contribution < 1.29 is 4.79 Å². The summed E-state index contributed by atoms with van der Waals surface area (Å²) in [6, 6.07) is 14.9. The van der Waals surface area contributed by atoms with Crippen LogP contribution in [0.5, 0.6) is 0 Å². The van der Waals surface area contributed by atoms with Crippen LogP contribution in [0.15, 0.2) is 42.5 Å². The maximum atomic E-state index is 12.3. The number of carbonyl (C=O) groups is 1. The molecule has 112 valence electrons. The molecule has 4 heteroatoms. The van der Waals surface area contributed by atoms with Gasteiger partial charge in [-0.1, -0.05) is 18.2 Å². The van der Waals surface area contributed by atoms with Crippen LogP contribution in [0.25, 0.3) is 11.1 Å². The van der Waals surface area contributed by atoms with Crippen LogP contribution in [0.2, 0.25) is 0 Å². The number of amides is 1. The topological polar surface area (TPSA) is 70.1 Å².